The molecule has 0 radical (unpaired) electrons. The fourth-order valence-electron chi connectivity index (χ4n) is 3.59. The minimum absolute atomic E-state index is 0.522. The normalized spacial score (nSPS) is 38.1. The molecule has 0 aromatic carbocycles. The van der Waals surface area contributed by atoms with Crippen LogP contribution in [0.15, 0.2) is 12.2 Å². The largest absolute Gasteiger partial charge is 0.0882 e. The Labute approximate surface area is 88.8 Å². The van der Waals surface area contributed by atoms with Crippen molar-refractivity contribution in [1.29, 1.82) is 0 Å². The molecule has 80 valence electrons. The molecule has 2 aliphatic carbocycles. The van der Waals surface area contributed by atoms with Crippen LogP contribution in [0.2, 0.25) is 0 Å². The van der Waals surface area contributed by atoms with Gasteiger partial charge in [-0.2, -0.15) is 0 Å². The van der Waals surface area contributed by atoms with Crippen molar-refractivity contribution in [3.8, 4) is 0 Å². The minimum Gasteiger partial charge on any atom is -0.0882 e. The van der Waals surface area contributed by atoms with Gasteiger partial charge in [-0.25, -0.2) is 0 Å². The fourth-order valence-corrected chi connectivity index (χ4v) is 3.59. The lowest BCUT2D eigenvalue weighted by atomic mass is 9.60. The van der Waals surface area contributed by atoms with Gasteiger partial charge in [-0.3, -0.25) is 0 Å². The zero-order valence-electron chi connectivity index (χ0n) is 9.92. The summed E-state index contributed by atoms with van der Waals surface area (Å²) in [6.45, 7) is 7.29. The lowest BCUT2D eigenvalue weighted by Crippen LogP contribution is -2.36. The van der Waals surface area contributed by atoms with Crippen molar-refractivity contribution in [1.82, 2.24) is 0 Å². The summed E-state index contributed by atoms with van der Waals surface area (Å²) in [5, 5.41) is 0. The average Bonchev–Trinajstić information content (AvgIpc) is 2.15. The van der Waals surface area contributed by atoms with E-state index in [2.05, 4.69) is 32.9 Å². The van der Waals surface area contributed by atoms with E-state index in [9.17, 15) is 0 Å². The second kappa shape index (κ2) is 3.72. The zero-order valence-corrected chi connectivity index (χ0v) is 9.92. The van der Waals surface area contributed by atoms with Gasteiger partial charge in [-0.1, -0.05) is 39.3 Å². The molecule has 0 amide bonds. The molecule has 3 atom stereocenters. The van der Waals surface area contributed by atoms with E-state index >= 15 is 0 Å². The molecule has 0 N–H and O–H groups in total. The second-order valence-corrected chi connectivity index (χ2v) is 6.24. The van der Waals surface area contributed by atoms with Crippen LogP contribution in [0.1, 0.15) is 52.9 Å². The molecule has 0 aliphatic heterocycles. The van der Waals surface area contributed by atoms with Crippen LogP contribution >= 0.6 is 0 Å². The van der Waals surface area contributed by atoms with Crippen LogP contribution in [0.3, 0.4) is 0 Å². The summed E-state index contributed by atoms with van der Waals surface area (Å²) in [5.74, 6) is 2.88. The molecule has 1 saturated carbocycles. The molecule has 1 fully saturated rings. The Morgan fingerprint density at radius 1 is 1.07 bits per heavy atom. The Bertz CT molecular complexity index is 219. The topological polar surface area (TPSA) is 0 Å². The van der Waals surface area contributed by atoms with Crippen molar-refractivity contribution in [2.75, 3.05) is 0 Å². The molecule has 0 bridgehead atoms. The van der Waals surface area contributed by atoms with Gasteiger partial charge in [-0.05, 0) is 48.9 Å². The SMILES string of the molecule is CC(C)(C)C1CCCC2C=CCCC21. The molecule has 2 aliphatic rings. The molecule has 0 aromatic heterocycles. The van der Waals surface area contributed by atoms with Gasteiger partial charge in [0.25, 0.3) is 0 Å². The summed E-state index contributed by atoms with van der Waals surface area (Å²) >= 11 is 0. The summed E-state index contributed by atoms with van der Waals surface area (Å²) < 4.78 is 0. The van der Waals surface area contributed by atoms with Gasteiger partial charge in [-0.15, -0.1) is 0 Å². The van der Waals surface area contributed by atoms with Crippen molar-refractivity contribution >= 4 is 0 Å². The number of fused-ring (bicyclic) bond motifs is 1. The molecular formula is C14H24. The lowest BCUT2D eigenvalue weighted by Gasteiger charge is -2.45. The van der Waals surface area contributed by atoms with Crippen LogP contribution in [-0.2, 0) is 0 Å². The molecule has 0 aromatic rings. The molecule has 2 rings (SSSR count). The maximum atomic E-state index is 2.51. The van der Waals surface area contributed by atoms with Gasteiger partial charge in [0, 0.05) is 0 Å². The molecule has 0 saturated heterocycles. The van der Waals surface area contributed by atoms with Gasteiger partial charge in [0.1, 0.15) is 0 Å². The third-order valence-electron chi connectivity index (χ3n) is 4.28. The maximum absolute atomic E-state index is 2.51. The zero-order chi connectivity index (χ0) is 10.2. The highest BCUT2D eigenvalue weighted by Crippen LogP contribution is 2.48. The predicted octanol–water partition coefficient (Wildman–Crippen LogP) is 4.42. The first-order valence-corrected chi connectivity index (χ1v) is 6.26. The van der Waals surface area contributed by atoms with Crippen molar-refractivity contribution in [3.05, 3.63) is 12.2 Å². The molecule has 0 heteroatoms. The Balaban J connectivity index is 2.14. The summed E-state index contributed by atoms with van der Waals surface area (Å²) in [4.78, 5) is 0. The third-order valence-corrected chi connectivity index (χ3v) is 4.28. The van der Waals surface area contributed by atoms with Crippen LogP contribution < -0.4 is 0 Å². The van der Waals surface area contributed by atoms with Gasteiger partial charge < -0.3 is 0 Å². The van der Waals surface area contributed by atoms with E-state index in [-0.39, 0.29) is 0 Å². The van der Waals surface area contributed by atoms with E-state index in [0.29, 0.717) is 5.41 Å². The minimum atomic E-state index is 0.522. The second-order valence-electron chi connectivity index (χ2n) is 6.24. The fraction of sp³-hybridized carbons (Fsp3) is 0.857. The van der Waals surface area contributed by atoms with E-state index in [1.807, 2.05) is 0 Å². The standard InChI is InChI=1S/C14H24/c1-14(2,3)13-10-6-8-11-7-4-5-9-12(11)13/h4,7,11-13H,5-6,8-10H2,1-3H3. The van der Waals surface area contributed by atoms with Crippen molar-refractivity contribution in [3.63, 3.8) is 0 Å². The molecule has 14 heavy (non-hydrogen) atoms. The van der Waals surface area contributed by atoms with E-state index in [0.717, 1.165) is 17.8 Å². The van der Waals surface area contributed by atoms with E-state index in [4.69, 9.17) is 0 Å². The summed E-state index contributed by atoms with van der Waals surface area (Å²) in [6, 6.07) is 0. The summed E-state index contributed by atoms with van der Waals surface area (Å²) in [7, 11) is 0. The van der Waals surface area contributed by atoms with Crippen LogP contribution in [0.25, 0.3) is 0 Å². The van der Waals surface area contributed by atoms with Crippen molar-refractivity contribution < 1.29 is 0 Å². The quantitative estimate of drug-likeness (QED) is 0.499. The first kappa shape index (κ1) is 10.3. The van der Waals surface area contributed by atoms with Crippen LogP contribution in [0.5, 0.6) is 0 Å². The summed E-state index contributed by atoms with van der Waals surface area (Å²) in [5.41, 5.74) is 0.522. The first-order valence-electron chi connectivity index (χ1n) is 6.26. The highest BCUT2D eigenvalue weighted by Gasteiger charge is 2.38. The maximum Gasteiger partial charge on any atom is -0.0202 e. The number of allylic oxidation sites excluding steroid dienone is 2. The van der Waals surface area contributed by atoms with Gasteiger partial charge >= 0.3 is 0 Å². The smallest absolute Gasteiger partial charge is 0.0202 e. The lowest BCUT2D eigenvalue weighted by molar-refractivity contribution is 0.0695. The van der Waals surface area contributed by atoms with Crippen molar-refractivity contribution in [2.24, 2.45) is 23.2 Å². The van der Waals surface area contributed by atoms with Crippen LogP contribution in [0, 0.1) is 23.2 Å². The number of hydrogen-bond acceptors (Lipinski definition) is 0. The predicted molar refractivity (Wildman–Crippen MR) is 62.2 cm³/mol. The summed E-state index contributed by atoms with van der Waals surface area (Å²) in [6.07, 6.45) is 12.1. The Hall–Kier alpha value is -0.260. The Kier molecular flexibility index (Phi) is 2.72. The monoisotopic (exact) mass is 192 g/mol. The number of rotatable bonds is 0. The molecular weight excluding hydrogens is 168 g/mol. The van der Waals surface area contributed by atoms with Crippen LogP contribution in [0.4, 0.5) is 0 Å². The molecule has 0 nitrogen and oxygen atoms in total. The average molecular weight is 192 g/mol. The van der Waals surface area contributed by atoms with Gasteiger partial charge in [0.2, 0.25) is 0 Å². The molecule has 0 heterocycles. The highest BCUT2D eigenvalue weighted by atomic mass is 14.4. The van der Waals surface area contributed by atoms with E-state index < -0.39 is 0 Å². The molecule has 0 spiro atoms. The van der Waals surface area contributed by atoms with Crippen LogP contribution in [-0.4, -0.2) is 0 Å². The number of hydrogen-bond donors (Lipinski definition) is 0. The Morgan fingerprint density at radius 3 is 2.57 bits per heavy atom. The third kappa shape index (κ3) is 1.89. The van der Waals surface area contributed by atoms with Crippen molar-refractivity contribution in [2.45, 2.75) is 52.9 Å². The first-order chi connectivity index (χ1) is 6.59. The van der Waals surface area contributed by atoms with E-state index in [1.165, 1.54) is 32.1 Å². The van der Waals surface area contributed by atoms with E-state index in [1.54, 1.807) is 0 Å². The highest BCUT2D eigenvalue weighted by molar-refractivity contribution is 5.02. The Morgan fingerprint density at radius 2 is 1.86 bits per heavy atom. The van der Waals surface area contributed by atoms with Gasteiger partial charge in [0.15, 0.2) is 0 Å². The molecule has 3 unspecified atom stereocenters. The van der Waals surface area contributed by atoms with Gasteiger partial charge in [0.05, 0.1) is 0 Å².